The van der Waals surface area contributed by atoms with Gasteiger partial charge in [-0.25, -0.2) is 9.97 Å². The zero-order valence-electron chi connectivity index (χ0n) is 10.9. The maximum atomic E-state index is 6.18. The molecule has 1 aliphatic carbocycles. The fraction of sp³-hybridized carbons (Fsp3) is 0.692. The van der Waals surface area contributed by atoms with E-state index in [0.29, 0.717) is 17.0 Å². The molecule has 0 amide bonds. The van der Waals surface area contributed by atoms with Crippen LogP contribution in [0, 0.1) is 11.8 Å². The number of rotatable bonds is 5. The monoisotopic (exact) mass is 332 g/mol. The van der Waals surface area contributed by atoms with E-state index in [2.05, 4.69) is 39.7 Å². The van der Waals surface area contributed by atoms with Crippen molar-refractivity contribution in [3.05, 3.63) is 21.1 Å². The summed E-state index contributed by atoms with van der Waals surface area (Å²) >= 11 is 9.64. The van der Waals surface area contributed by atoms with E-state index < -0.39 is 0 Å². The summed E-state index contributed by atoms with van der Waals surface area (Å²) in [7, 11) is 1.71. The molecule has 0 radical (unpaired) electrons. The summed E-state index contributed by atoms with van der Waals surface area (Å²) in [5, 5.41) is 0.485. The van der Waals surface area contributed by atoms with Crippen molar-refractivity contribution in [1.29, 1.82) is 0 Å². The second-order valence-electron chi connectivity index (χ2n) is 5.22. The molecule has 1 saturated carbocycles. The molecule has 1 aromatic rings. The van der Waals surface area contributed by atoms with Crippen LogP contribution in [-0.4, -0.2) is 17.1 Å². The van der Waals surface area contributed by atoms with E-state index in [-0.39, 0.29) is 6.10 Å². The Bertz CT molecular complexity index is 435. The maximum absolute atomic E-state index is 6.18. The van der Waals surface area contributed by atoms with Crippen molar-refractivity contribution in [2.75, 3.05) is 7.11 Å². The first-order valence-corrected chi connectivity index (χ1v) is 7.44. The van der Waals surface area contributed by atoms with Gasteiger partial charge in [-0.2, -0.15) is 0 Å². The van der Waals surface area contributed by atoms with Crippen molar-refractivity contribution >= 4 is 27.5 Å². The molecule has 5 heteroatoms. The Balaban J connectivity index is 2.33. The van der Waals surface area contributed by atoms with Crippen molar-refractivity contribution in [3.8, 4) is 0 Å². The third-order valence-corrected chi connectivity index (χ3v) is 4.39. The summed E-state index contributed by atoms with van der Waals surface area (Å²) in [6.45, 7) is 4.33. The number of hydrogen-bond acceptors (Lipinski definition) is 3. The van der Waals surface area contributed by atoms with Crippen LogP contribution in [0.3, 0.4) is 0 Å². The SMILES string of the molecule is COC(c1nc(Cl)c(Br)c(CC(C)C)n1)C1CC1. The van der Waals surface area contributed by atoms with Gasteiger partial charge in [0.2, 0.25) is 0 Å². The minimum absolute atomic E-state index is 0.0125. The maximum Gasteiger partial charge on any atom is 0.159 e. The highest BCUT2D eigenvalue weighted by molar-refractivity contribution is 9.10. The molecular formula is C13H18BrClN2O. The number of halogens is 2. The number of ether oxygens (including phenoxy) is 1. The third kappa shape index (κ3) is 3.22. The summed E-state index contributed by atoms with van der Waals surface area (Å²) in [4.78, 5) is 8.99. The first-order chi connectivity index (χ1) is 8.52. The Morgan fingerprint density at radius 3 is 2.56 bits per heavy atom. The lowest BCUT2D eigenvalue weighted by Crippen LogP contribution is -2.12. The molecule has 1 aliphatic rings. The number of nitrogens with zero attached hydrogens (tertiary/aromatic N) is 2. The fourth-order valence-electron chi connectivity index (χ4n) is 2.04. The lowest BCUT2D eigenvalue weighted by molar-refractivity contribution is 0.0769. The molecule has 0 aromatic carbocycles. The zero-order chi connectivity index (χ0) is 13.3. The summed E-state index contributed by atoms with van der Waals surface area (Å²) in [5.74, 6) is 1.81. The van der Waals surface area contributed by atoms with Gasteiger partial charge in [-0.05, 0) is 47.0 Å². The average molecular weight is 334 g/mol. The third-order valence-electron chi connectivity index (χ3n) is 3.06. The molecule has 18 heavy (non-hydrogen) atoms. The molecule has 1 unspecified atom stereocenters. The van der Waals surface area contributed by atoms with Crippen LogP contribution in [0.25, 0.3) is 0 Å². The number of hydrogen-bond donors (Lipinski definition) is 0. The van der Waals surface area contributed by atoms with E-state index in [1.165, 1.54) is 12.8 Å². The summed E-state index contributed by atoms with van der Waals surface area (Å²) < 4.78 is 6.33. The van der Waals surface area contributed by atoms with E-state index in [1.807, 2.05) is 0 Å². The first kappa shape index (κ1) is 14.2. The highest BCUT2D eigenvalue weighted by Crippen LogP contribution is 2.42. The van der Waals surface area contributed by atoms with Gasteiger partial charge in [-0.3, -0.25) is 0 Å². The number of methoxy groups -OCH3 is 1. The van der Waals surface area contributed by atoms with Gasteiger partial charge in [0.1, 0.15) is 11.3 Å². The Morgan fingerprint density at radius 2 is 2.06 bits per heavy atom. The molecular weight excluding hydrogens is 316 g/mol. The van der Waals surface area contributed by atoms with Gasteiger partial charge in [0, 0.05) is 7.11 Å². The standard InChI is InChI=1S/C13H18BrClN2O/c1-7(2)6-9-10(14)12(15)17-13(16-9)11(18-3)8-4-5-8/h7-8,11H,4-6H2,1-3H3. The van der Waals surface area contributed by atoms with Crippen LogP contribution < -0.4 is 0 Å². The van der Waals surface area contributed by atoms with E-state index in [0.717, 1.165) is 22.4 Å². The van der Waals surface area contributed by atoms with Crippen LogP contribution in [-0.2, 0) is 11.2 Å². The summed E-state index contributed by atoms with van der Waals surface area (Å²) in [5.41, 5.74) is 0.975. The Hall–Kier alpha value is -0.190. The molecule has 3 nitrogen and oxygen atoms in total. The molecule has 0 aliphatic heterocycles. The average Bonchev–Trinajstić information content (AvgIpc) is 3.10. The van der Waals surface area contributed by atoms with E-state index >= 15 is 0 Å². The summed E-state index contributed by atoms with van der Waals surface area (Å²) in [6.07, 6.45) is 3.25. The Kier molecular flexibility index (Phi) is 4.62. The quantitative estimate of drug-likeness (QED) is 0.758. The van der Waals surface area contributed by atoms with Crippen LogP contribution in [0.1, 0.15) is 44.3 Å². The summed E-state index contributed by atoms with van der Waals surface area (Å²) in [6, 6.07) is 0. The molecule has 100 valence electrons. The van der Waals surface area contributed by atoms with Crippen LogP contribution in [0.5, 0.6) is 0 Å². The van der Waals surface area contributed by atoms with Gasteiger partial charge in [-0.1, -0.05) is 25.4 Å². The van der Waals surface area contributed by atoms with Crippen molar-refractivity contribution in [1.82, 2.24) is 9.97 Å². The fourth-order valence-corrected chi connectivity index (χ4v) is 2.57. The Labute approximate surface area is 121 Å². The molecule has 1 atom stereocenters. The van der Waals surface area contributed by atoms with Crippen LogP contribution in [0.2, 0.25) is 5.15 Å². The first-order valence-electron chi connectivity index (χ1n) is 6.27. The normalized spacial score (nSPS) is 17.2. The van der Waals surface area contributed by atoms with Crippen molar-refractivity contribution in [2.45, 2.75) is 39.2 Å². The van der Waals surface area contributed by atoms with Crippen LogP contribution in [0.15, 0.2) is 4.47 Å². The highest BCUT2D eigenvalue weighted by Gasteiger charge is 2.35. The molecule has 1 aromatic heterocycles. The molecule has 1 heterocycles. The van der Waals surface area contributed by atoms with Gasteiger partial charge in [0.05, 0.1) is 10.2 Å². The second-order valence-corrected chi connectivity index (χ2v) is 6.38. The predicted octanol–water partition coefficient (Wildman–Crippen LogP) is 4.19. The lowest BCUT2D eigenvalue weighted by atomic mass is 10.1. The van der Waals surface area contributed by atoms with Gasteiger partial charge in [0.25, 0.3) is 0 Å². The molecule has 0 N–H and O–H groups in total. The molecule has 0 spiro atoms. The van der Waals surface area contributed by atoms with Gasteiger partial charge >= 0.3 is 0 Å². The predicted molar refractivity (Wildman–Crippen MR) is 75.8 cm³/mol. The van der Waals surface area contributed by atoms with E-state index in [1.54, 1.807) is 7.11 Å². The topological polar surface area (TPSA) is 35.0 Å². The largest absolute Gasteiger partial charge is 0.373 e. The molecule has 2 rings (SSSR count). The van der Waals surface area contributed by atoms with E-state index in [4.69, 9.17) is 16.3 Å². The molecule has 1 fully saturated rings. The van der Waals surface area contributed by atoms with Crippen molar-refractivity contribution < 1.29 is 4.74 Å². The lowest BCUT2D eigenvalue weighted by Gasteiger charge is -2.16. The smallest absolute Gasteiger partial charge is 0.159 e. The minimum atomic E-state index is -0.0125. The van der Waals surface area contributed by atoms with Crippen molar-refractivity contribution in [3.63, 3.8) is 0 Å². The Morgan fingerprint density at radius 1 is 1.39 bits per heavy atom. The number of aromatic nitrogens is 2. The van der Waals surface area contributed by atoms with Gasteiger partial charge < -0.3 is 4.74 Å². The molecule has 0 saturated heterocycles. The van der Waals surface area contributed by atoms with Crippen LogP contribution in [0.4, 0.5) is 0 Å². The van der Waals surface area contributed by atoms with Crippen LogP contribution >= 0.6 is 27.5 Å². The highest BCUT2D eigenvalue weighted by atomic mass is 79.9. The van der Waals surface area contributed by atoms with Gasteiger partial charge in [0.15, 0.2) is 5.82 Å². The van der Waals surface area contributed by atoms with Crippen molar-refractivity contribution in [2.24, 2.45) is 11.8 Å². The second kappa shape index (κ2) is 5.85. The zero-order valence-corrected chi connectivity index (χ0v) is 13.3. The van der Waals surface area contributed by atoms with Gasteiger partial charge in [-0.15, -0.1) is 0 Å². The van der Waals surface area contributed by atoms with E-state index in [9.17, 15) is 0 Å². The molecule has 0 bridgehead atoms. The minimum Gasteiger partial charge on any atom is -0.373 e.